The van der Waals surface area contributed by atoms with Crippen LogP contribution in [0.15, 0.2) is 16.8 Å². The number of rotatable bonds is 4. The summed E-state index contributed by atoms with van der Waals surface area (Å²) < 4.78 is 22.9. The van der Waals surface area contributed by atoms with Gasteiger partial charge in [-0.25, -0.2) is 4.98 Å². The van der Waals surface area contributed by atoms with Gasteiger partial charge in [-0.3, -0.25) is 9.59 Å². The number of ketones is 1. The molecule has 0 bridgehead atoms. The quantitative estimate of drug-likeness (QED) is 0.438. The van der Waals surface area contributed by atoms with Crippen molar-refractivity contribution in [1.29, 1.82) is 0 Å². The first-order chi connectivity index (χ1) is 17.8. The summed E-state index contributed by atoms with van der Waals surface area (Å²) in [5.41, 5.74) is -1.51. The van der Waals surface area contributed by atoms with E-state index in [4.69, 9.17) is 18.6 Å². The van der Waals surface area contributed by atoms with Crippen LogP contribution in [0, 0.1) is 24.2 Å². The van der Waals surface area contributed by atoms with E-state index >= 15 is 0 Å². The Labute approximate surface area is 224 Å². The van der Waals surface area contributed by atoms with Gasteiger partial charge in [0.1, 0.15) is 29.4 Å². The van der Waals surface area contributed by atoms with Gasteiger partial charge < -0.3 is 28.8 Å². The molecule has 9 heteroatoms. The maximum Gasteiger partial charge on any atom is 0.309 e. The minimum Gasteiger partial charge on any atom is -0.458 e. The standard InChI is InChI=1S/C29H43NO8/c1-7-29-14-20(11-10-19-15-35-18(3)30-19)37-23(32)13-22(31)27(4,5)26(34)24(21-16-36-21)25(33)17(2)9-8-12-28(29,6)38-29/h10-11,15,17,20-22,24-25,31,33H,7-9,12-14,16H2,1-6H3/t17-,20+,21?,22-,24-,25+,28?,29?/m0/s1. The molecule has 8 atom stereocenters. The number of epoxide rings is 2. The van der Waals surface area contributed by atoms with Crippen molar-refractivity contribution in [3.8, 4) is 0 Å². The van der Waals surface area contributed by atoms with Gasteiger partial charge in [-0.1, -0.05) is 34.1 Å². The highest BCUT2D eigenvalue weighted by Gasteiger charge is 2.65. The zero-order valence-electron chi connectivity index (χ0n) is 23.4. The number of esters is 1. The largest absolute Gasteiger partial charge is 0.458 e. The van der Waals surface area contributed by atoms with Crippen LogP contribution < -0.4 is 0 Å². The number of aryl methyl sites for hydroxylation is 1. The second-order valence-corrected chi connectivity index (χ2v) is 12.1. The summed E-state index contributed by atoms with van der Waals surface area (Å²) in [6, 6.07) is 0. The van der Waals surface area contributed by atoms with Crippen molar-refractivity contribution in [1.82, 2.24) is 4.98 Å². The van der Waals surface area contributed by atoms with Gasteiger partial charge in [-0.2, -0.15) is 0 Å². The Kier molecular flexibility index (Phi) is 8.25. The van der Waals surface area contributed by atoms with E-state index in [0.717, 1.165) is 25.7 Å². The average molecular weight is 534 g/mol. The van der Waals surface area contributed by atoms with E-state index < -0.39 is 41.2 Å². The number of cyclic esters (lactones) is 1. The SMILES string of the molecule is CCC12C[C@@H](C=Cc3coc(C)n3)OC(=O)C[C@H](O)C(C)(C)C(=O)[C@@H](C3CO3)[C@H](O)[C@@H](C)CCCC1(C)O2. The molecule has 3 fully saturated rings. The monoisotopic (exact) mass is 533 g/mol. The summed E-state index contributed by atoms with van der Waals surface area (Å²) in [4.78, 5) is 31.0. The zero-order valence-corrected chi connectivity index (χ0v) is 23.4. The second-order valence-electron chi connectivity index (χ2n) is 12.1. The molecule has 2 N–H and O–H groups in total. The molecule has 9 nitrogen and oxygen atoms in total. The fraction of sp³-hybridized carbons (Fsp3) is 0.759. The van der Waals surface area contributed by atoms with Crippen molar-refractivity contribution in [2.24, 2.45) is 17.3 Å². The predicted molar refractivity (Wildman–Crippen MR) is 139 cm³/mol. The summed E-state index contributed by atoms with van der Waals surface area (Å²) in [5, 5.41) is 22.2. The number of aromatic nitrogens is 1. The van der Waals surface area contributed by atoms with E-state index in [1.165, 1.54) is 6.26 Å². The molecule has 38 heavy (non-hydrogen) atoms. The lowest BCUT2D eigenvalue weighted by molar-refractivity contribution is -0.154. The molecule has 4 heterocycles. The topological polar surface area (TPSA) is 135 Å². The third-order valence-corrected chi connectivity index (χ3v) is 9.00. The van der Waals surface area contributed by atoms with Crippen LogP contribution in [-0.2, 0) is 23.8 Å². The van der Waals surface area contributed by atoms with E-state index in [1.807, 2.05) is 6.92 Å². The van der Waals surface area contributed by atoms with E-state index in [-0.39, 0.29) is 29.8 Å². The zero-order chi connectivity index (χ0) is 27.9. The van der Waals surface area contributed by atoms with Gasteiger partial charge >= 0.3 is 5.97 Å². The van der Waals surface area contributed by atoms with Crippen LogP contribution in [0.1, 0.15) is 84.7 Å². The molecule has 212 valence electrons. The van der Waals surface area contributed by atoms with Crippen LogP contribution >= 0.6 is 0 Å². The average Bonchev–Trinajstić information content (AvgIpc) is 3.74. The molecule has 0 spiro atoms. The number of carbonyl (C=O) groups is 2. The molecule has 1 aromatic heterocycles. The van der Waals surface area contributed by atoms with Crippen LogP contribution in [-0.4, -0.2) is 69.2 Å². The highest BCUT2D eigenvalue weighted by Crippen LogP contribution is 2.56. The molecular weight excluding hydrogens is 490 g/mol. The number of oxazole rings is 1. The fourth-order valence-corrected chi connectivity index (χ4v) is 5.99. The Morgan fingerprint density at radius 1 is 1.21 bits per heavy atom. The fourth-order valence-electron chi connectivity index (χ4n) is 5.99. The van der Waals surface area contributed by atoms with Gasteiger partial charge in [-0.05, 0) is 44.3 Å². The number of aliphatic hydroxyl groups excluding tert-OH is 2. The van der Waals surface area contributed by atoms with Gasteiger partial charge in [0, 0.05) is 13.3 Å². The number of hydrogen-bond acceptors (Lipinski definition) is 9. The first-order valence-electron chi connectivity index (χ1n) is 13.8. The van der Waals surface area contributed by atoms with Crippen LogP contribution in [0.3, 0.4) is 0 Å². The number of nitrogens with zero attached hydrogens (tertiary/aromatic N) is 1. The van der Waals surface area contributed by atoms with Crippen molar-refractivity contribution >= 4 is 17.8 Å². The Bertz CT molecular complexity index is 1050. The summed E-state index contributed by atoms with van der Waals surface area (Å²) in [6.45, 7) is 11.5. The number of carbonyl (C=O) groups excluding carboxylic acids is 2. The van der Waals surface area contributed by atoms with Crippen molar-refractivity contribution in [2.75, 3.05) is 6.61 Å². The Morgan fingerprint density at radius 2 is 1.92 bits per heavy atom. The van der Waals surface area contributed by atoms with Crippen LogP contribution in [0.5, 0.6) is 0 Å². The molecule has 3 aliphatic rings. The molecule has 4 rings (SSSR count). The lowest BCUT2D eigenvalue weighted by Crippen LogP contribution is -2.48. The first kappa shape index (κ1) is 28.9. The highest BCUT2D eigenvalue weighted by molar-refractivity contribution is 5.89. The molecule has 0 aromatic carbocycles. The Hall–Kier alpha value is -2.07. The highest BCUT2D eigenvalue weighted by atomic mass is 16.6. The van der Waals surface area contributed by atoms with Crippen molar-refractivity contribution in [3.05, 3.63) is 23.9 Å². The number of Topliss-reactive ketones (excluding diaryl/α,β-unsaturated/α-hetero) is 1. The molecule has 0 aliphatic carbocycles. The lowest BCUT2D eigenvalue weighted by Gasteiger charge is -2.35. The van der Waals surface area contributed by atoms with Crippen molar-refractivity contribution in [3.63, 3.8) is 0 Å². The smallest absolute Gasteiger partial charge is 0.309 e. The minimum absolute atomic E-state index is 0.140. The Morgan fingerprint density at radius 3 is 2.53 bits per heavy atom. The van der Waals surface area contributed by atoms with Crippen LogP contribution in [0.25, 0.3) is 6.08 Å². The third-order valence-electron chi connectivity index (χ3n) is 9.00. The number of fused-ring (bicyclic) bond motifs is 1. The van der Waals surface area contributed by atoms with Gasteiger partial charge in [-0.15, -0.1) is 0 Å². The lowest BCUT2D eigenvalue weighted by atomic mass is 9.71. The molecule has 1 aromatic rings. The number of aliphatic hydroxyl groups is 2. The second kappa shape index (κ2) is 10.8. The molecule has 0 radical (unpaired) electrons. The third kappa shape index (κ3) is 5.91. The van der Waals surface area contributed by atoms with Crippen molar-refractivity contribution in [2.45, 2.75) is 116 Å². The molecule has 3 aliphatic heterocycles. The van der Waals surface area contributed by atoms with Gasteiger partial charge in [0.05, 0.1) is 48.3 Å². The van der Waals surface area contributed by atoms with E-state index in [9.17, 15) is 19.8 Å². The van der Waals surface area contributed by atoms with E-state index in [1.54, 1.807) is 32.9 Å². The van der Waals surface area contributed by atoms with Crippen molar-refractivity contribution < 1.29 is 38.4 Å². The summed E-state index contributed by atoms with van der Waals surface area (Å²) in [6.07, 6.45) is 5.06. The maximum atomic E-state index is 13.6. The molecule has 0 saturated carbocycles. The van der Waals surface area contributed by atoms with Gasteiger partial charge in [0.15, 0.2) is 5.89 Å². The summed E-state index contributed by atoms with van der Waals surface area (Å²) >= 11 is 0. The van der Waals surface area contributed by atoms with E-state index in [0.29, 0.717) is 24.6 Å². The summed E-state index contributed by atoms with van der Waals surface area (Å²) in [7, 11) is 0. The minimum atomic E-state index is -1.29. The normalized spacial score (nSPS) is 40.5. The van der Waals surface area contributed by atoms with Gasteiger partial charge in [0.2, 0.25) is 0 Å². The van der Waals surface area contributed by atoms with E-state index in [2.05, 4.69) is 18.8 Å². The van der Waals surface area contributed by atoms with Crippen LogP contribution in [0.4, 0.5) is 0 Å². The number of hydrogen-bond donors (Lipinski definition) is 2. The predicted octanol–water partition coefficient (Wildman–Crippen LogP) is 3.78. The van der Waals surface area contributed by atoms with Crippen LogP contribution in [0.2, 0.25) is 0 Å². The Balaban J connectivity index is 1.61. The molecular formula is C29H43NO8. The first-order valence-corrected chi connectivity index (χ1v) is 13.8. The molecule has 3 saturated heterocycles. The molecule has 3 unspecified atom stereocenters. The number of ether oxygens (including phenoxy) is 3. The summed E-state index contributed by atoms with van der Waals surface area (Å²) in [5.74, 6) is -1.28. The van der Waals surface area contributed by atoms with Gasteiger partial charge in [0.25, 0.3) is 0 Å². The molecule has 0 amide bonds. The maximum absolute atomic E-state index is 13.6.